The van der Waals surface area contributed by atoms with Crippen LogP contribution < -0.4 is 0 Å². The van der Waals surface area contributed by atoms with E-state index in [-0.39, 0.29) is 5.56 Å². The summed E-state index contributed by atoms with van der Waals surface area (Å²) in [5.41, 5.74) is -1.08. The van der Waals surface area contributed by atoms with Crippen molar-refractivity contribution in [3.05, 3.63) is 23.5 Å². The number of carboxylic acids is 1. The molecule has 1 saturated carbocycles. The van der Waals surface area contributed by atoms with Crippen LogP contribution in [0.3, 0.4) is 0 Å². The lowest BCUT2D eigenvalue weighted by Crippen LogP contribution is -2.42. The standard InChI is InChI=1S/C11H11FO4/c12-7-3-2-6(8(13)9(7)14)11(10(15)16)4-1-5-11/h2-3,13-14H,1,4-5H2,(H,15,16). The van der Waals surface area contributed by atoms with Crippen LogP contribution in [-0.4, -0.2) is 21.3 Å². The minimum atomic E-state index is -1.17. The first-order chi connectivity index (χ1) is 7.49. The third-order valence-electron chi connectivity index (χ3n) is 3.23. The molecule has 16 heavy (non-hydrogen) atoms. The van der Waals surface area contributed by atoms with E-state index in [1.54, 1.807) is 0 Å². The van der Waals surface area contributed by atoms with E-state index in [9.17, 15) is 19.4 Å². The molecule has 1 aliphatic rings. The summed E-state index contributed by atoms with van der Waals surface area (Å²) in [6, 6.07) is 2.19. The van der Waals surface area contributed by atoms with Crippen molar-refractivity contribution in [3.63, 3.8) is 0 Å². The Labute approximate surface area is 91.0 Å². The molecule has 2 rings (SSSR count). The molecule has 86 valence electrons. The normalized spacial score (nSPS) is 17.8. The molecule has 5 heteroatoms. The summed E-state index contributed by atoms with van der Waals surface area (Å²) in [6.07, 6.45) is 1.52. The monoisotopic (exact) mass is 226 g/mol. The van der Waals surface area contributed by atoms with Crippen molar-refractivity contribution >= 4 is 5.97 Å². The van der Waals surface area contributed by atoms with Crippen LogP contribution in [-0.2, 0) is 10.2 Å². The molecule has 0 bridgehead atoms. The van der Waals surface area contributed by atoms with Gasteiger partial charge in [-0.2, -0.15) is 0 Å². The number of phenols is 2. The first-order valence-corrected chi connectivity index (χ1v) is 4.93. The molecule has 0 aliphatic heterocycles. The van der Waals surface area contributed by atoms with Crippen LogP contribution in [0.2, 0.25) is 0 Å². The van der Waals surface area contributed by atoms with Crippen LogP contribution in [0.4, 0.5) is 4.39 Å². The Hall–Kier alpha value is -1.78. The van der Waals surface area contributed by atoms with E-state index < -0.39 is 28.7 Å². The highest BCUT2D eigenvalue weighted by molar-refractivity contribution is 5.84. The molecular weight excluding hydrogens is 215 g/mol. The summed E-state index contributed by atoms with van der Waals surface area (Å²) in [6.45, 7) is 0. The molecule has 0 atom stereocenters. The number of hydrogen-bond acceptors (Lipinski definition) is 3. The van der Waals surface area contributed by atoms with Crippen LogP contribution in [0.5, 0.6) is 11.5 Å². The van der Waals surface area contributed by atoms with Crippen molar-refractivity contribution in [3.8, 4) is 11.5 Å². The number of carbonyl (C=O) groups is 1. The second-order valence-corrected chi connectivity index (χ2v) is 4.03. The average Bonchev–Trinajstić information content (AvgIpc) is 2.16. The van der Waals surface area contributed by atoms with Gasteiger partial charge in [-0.15, -0.1) is 0 Å². The maximum absolute atomic E-state index is 12.9. The fourth-order valence-electron chi connectivity index (χ4n) is 2.07. The predicted octanol–water partition coefficient (Wildman–Crippen LogP) is 1.74. The molecular formula is C11H11FO4. The van der Waals surface area contributed by atoms with Gasteiger partial charge in [0, 0.05) is 5.56 Å². The van der Waals surface area contributed by atoms with E-state index in [1.807, 2.05) is 0 Å². The number of aliphatic carboxylic acids is 1. The number of aromatic hydroxyl groups is 2. The van der Waals surface area contributed by atoms with Gasteiger partial charge in [-0.1, -0.05) is 12.5 Å². The van der Waals surface area contributed by atoms with Gasteiger partial charge >= 0.3 is 5.97 Å². The molecule has 3 N–H and O–H groups in total. The van der Waals surface area contributed by atoms with Gasteiger partial charge in [-0.3, -0.25) is 4.79 Å². The van der Waals surface area contributed by atoms with Gasteiger partial charge < -0.3 is 15.3 Å². The van der Waals surface area contributed by atoms with Crippen molar-refractivity contribution < 1.29 is 24.5 Å². The molecule has 1 aromatic rings. The zero-order valence-corrected chi connectivity index (χ0v) is 8.40. The van der Waals surface area contributed by atoms with Crippen molar-refractivity contribution in [1.82, 2.24) is 0 Å². The van der Waals surface area contributed by atoms with E-state index in [2.05, 4.69) is 0 Å². The SMILES string of the molecule is O=C(O)C1(c2ccc(F)c(O)c2O)CCC1. The Morgan fingerprint density at radius 2 is 1.88 bits per heavy atom. The molecule has 1 fully saturated rings. The molecule has 0 saturated heterocycles. The first kappa shape index (κ1) is 10.7. The lowest BCUT2D eigenvalue weighted by atomic mass is 9.64. The van der Waals surface area contributed by atoms with Gasteiger partial charge in [-0.05, 0) is 18.9 Å². The fraction of sp³-hybridized carbons (Fsp3) is 0.364. The molecule has 0 radical (unpaired) electrons. The zero-order chi connectivity index (χ0) is 11.9. The van der Waals surface area contributed by atoms with Gasteiger partial charge in [-0.25, -0.2) is 4.39 Å². The highest BCUT2D eigenvalue weighted by Gasteiger charge is 2.48. The minimum Gasteiger partial charge on any atom is -0.504 e. The topological polar surface area (TPSA) is 77.8 Å². The van der Waals surface area contributed by atoms with E-state index >= 15 is 0 Å². The number of hydrogen-bond donors (Lipinski definition) is 3. The largest absolute Gasteiger partial charge is 0.504 e. The molecule has 4 nitrogen and oxygen atoms in total. The molecule has 1 aromatic carbocycles. The Kier molecular flexibility index (Phi) is 2.26. The molecule has 0 aromatic heterocycles. The maximum Gasteiger partial charge on any atom is 0.314 e. The molecule has 0 unspecified atom stereocenters. The number of carboxylic acid groups (broad SMARTS) is 1. The van der Waals surface area contributed by atoms with Crippen LogP contribution in [0, 0.1) is 5.82 Å². The highest BCUT2D eigenvalue weighted by Crippen LogP contribution is 2.49. The third kappa shape index (κ3) is 1.24. The van der Waals surface area contributed by atoms with E-state index in [4.69, 9.17) is 5.11 Å². The average molecular weight is 226 g/mol. The second kappa shape index (κ2) is 3.37. The predicted molar refractivity (Wildman–Crippen MR) is 52.9 cm³/mol. The zero-order valence-electron chi connectivity index (χ0n) is 8.40. The van der Waals surface area contributed by atoms with Gasteiger partial charge in [0.15, 0.2) is 17.3 Å². The van der Waals surface area contributed by atoms with Gasteiger partial charge in [0.05, 0.1) is 5.41 Å². The van der Waals surface area contributed by atoms with E-state index in [1.165, 1.54) is 6.07 Å². The Morgan fingerprint density at radius 3 is 2.31 bits per heavy atom. The van der Waals surface area contributed by atoms with Crippen molar-refractivity contribution in [2.24, 2.45) is 0 Å². The van der Waals surface area contributed by atoms with Gasteiger partial charge in [0.25, 0.3) is 0 Å². The summed E-state index contributed by atoms with van der Waals surface area (Å²) >= 11 is 0. The van der Waals surface area contributed by atoms with Gasteiger partial charge in [0.1, 0.15) is 0 Å². The molecule has 0 amide bonds. The minimum absolute atomic E-state index is 0.0881. The summed E-state index contributed by atoms with van der Waals surface area (Å²) in [5, 5.41) is 27.9. The van der Waals surface area contributed by atoms with Crippen molar-refractivity contribution in [2.75, 3.05) is 0 Å². The Balaban J connectivity index is 2.56. The smallest absolute Gasteiger partial charge is 0.314 e. The van der Waals surface area contributed by atoms with Crippen LogP contribution in [0.25, 0.3) is 0 Å². The van der Waals surface area contributed by atoms with Crippen LogP contribution >= 0.6 is 0 Å². The summed E-state index contributed by atoms with van der Waals surface area (Å²) in [4.78, 5) is 11.2. The van der Waals surface area contributed by atoms with Gasteiger partial charge in [0.2, 0.25) is 0 Å². The molecule has 0 heterocycles. The van der Waals surface area contributed by atoms with Crippen molar-refractivity contribution in [1.29, 1.82) is 0 Å². The number of rotatable bonds is 2. The van der Waals surface area contributed by atoms with Crippen molar-refractivity contribution in [2.45, 2.75) is 24.7 Å². The third-order valence-corrected chi connectivity index (χ3v) is 3.23. The van der Waals surface area contributed by atoms with E-state index in [0.29, 0.717) is 12.8 Å². The number of halogens is 1. The Bertz CT molecular complexity index is 452. The molecule has 1 aliphatic carbocycles. The summed E-state index contributed by atoms with van der Waals surface area (Å²) in [5.74, 6) is -3.56. The quantitative estimate of drug-likeness (QED) is 0.671. The lowest BCUT2D eigenvalue weighted by Gasteiger charge is -2.38. The maximum atomic E-state index is 12.9. The number of benzene rings is 1. The first-order valence-electron chi connectivity index (χ1n) is 4.93. The van der Waals surface area contributed by atoms with E-state index in [0.717, 1.165) is 12.5 Å². The van der Waals surface area contributed by atoms with Crippen LogP contribution in [0.15, 0.2) is 12.1 Å². The summed E-state index contributed by atoms with van der Waals surface area (Å²) in [7, 11) is 0. The molecule has 0 spiro atoms. The summed E-state index contributed by atoms with van der Waals surface area (Å²) < 4.78 is 12.9. The lowest BCUT2D eigenvalue weighted by molar-refractivity contribution is -0.147. The number of phenolic OH excluding ortho intramolecular Hbond substituents is 2. The Morgan fingerprint density at radius 1 is 1.25 bits per heavy atom. The fourth-order valence-corrected chi connectivity index (χ4v) is 2.07. The second-order valence-electron chi connectivity index (χ2n) is 4.03. The highest BCUT2D eigenvalue weighted by atomic mass is 19.1. The van der Waals surface area contributed by atoms with Crippen LogP contribution in [0.1, 0.15) is 24.8 Å².